The lowest BCUT2D eigenvalue weighted by atomic mass is 10.2. The highest BCUT2D eigenvalue weighted by atomic mass is 35.5. The van der Waals surface area contributed by atoms with Crippen LogP contribution in [0.1, 0.15) is 20.8 Å². The van der Waals surface area contributed by atoms with Gasteiger partial charge in [0.2, 0.25) is 0 Å². The van der Waals surface area contributed by atoms with Crippen LogP contribution in [0.2, 0.25) is 15.1 Å². The van der Waals surface area contributed by atoms with Gasteiger partial charge < -0.3 is 10.1 Å². The summed E-state index contributed by atoms with van der Waals surface area (Å²) in [5.74, 6) is 0.410. The van der Waals surface area contributed by atoms with Gasteiger partial charge >= 0.3 is 0 Å². The zero-order chi connectivity index (χ0) is 18.7. The second kappa shape index (κ2) is 8.31. The molecule has 3 rings (SSSR count). The number of anilines is 1. The van der Waals surface area contributed by atoms with Crippen molar-refractivity contribution in [1.29, 1.82) is 0 Å². The van der Waals surface area contributed by atoms with Gasteiger partial charge in [0.05, 0.1) is 19.9 Å². The van der Waals surface area contributed by atoms with Crippen LogP contribution in [-0.4, -0.2) is 5.91 Å². The number of amides is 1. The number of benzene rings is 2. The second-order valence-corrected chi connectivity index (χ2v) is 7.76. The number of ether oxygens (including phenoxy) is 1. The minimum absolute atomic E-state index is 0.215. The Morgan fingerprint density at radius 3 is 2.58 bits per heavy atom. The molecule has 1 heterocycles. The van der Waals surface area contributed by atoms with Crippen molar-refractivity contribution in [2.75, 3.05) is 5.32 Å². The summed E-state index contributed by atoms with van der Waals surface area (Å²) in [6.45, 7) is 2.30. The van der Waals surface area contributed by atoms with E-state index in [1.807, 2.05) is 24.4 Å². The number of thiophene rings is 1. The van der Waals surface area contributed by atoms with Crippen molar-refractivity contribution in [3.8, 4) is 5.75 Å². The molecule has 0 fully saturated rings. The molecule has 1 N–H and O–H groups in total. The van der Waals surface area contributed by atoms with Crippen molar-refractivity contribution in [2.24, 2.45) is 0 Å². The van der Waals surface area contributed by atoms with Crippen molar-refractivity contribution in [3.05, 3.63) is 78.9 Å². The third kappa shape index (κ3) is 4.71. The topological polar surface area (TPSA) is 38.3 Å². The first kappa shape index (κ1) is 19.1. The van der Waals surface area contributed by atoms with Crippen LogP contribution >= 0.6 is 46.1 Å². The van der Waals surface area contributed by atoms with E-state index in [-0.39, 0.29) is 5.91 Å². The number of hydrogen-bond acceptors (Lipinski definition) is 3. The lowest BCUT2D eigenvalue weighted by Gasteiger charge is -2.07. The van der Waals surface area contributed by atoms with E-state index in [1.54, 1.807) is 30.3 Å². The normalized spacial score (nSPS) is 10.6. The number of halogens is 3. The summed E-state index contributed by atoms with van der Waals surface area (Å²) in [6, 6.07) is 12.3. The first-order chi connectivity index (χ1) is 12.4. The van der Waals surface area contributed by atoms with Gasteiger partial charge in [0.15, 0.2) is 0 Å². The Hall–Kier alpha value is -1.72. The predicted molar refractivity (Wildman–Crippen MR) is 109 cm³/mol. The summed E-state index contributed by atoms with van der Waals surface area (Å²) >= 11 is 19.3. The summed E-state index contributed by atoms with van der Waals surface area (Å²) in [5.41, 5.74) is 2.55. The fourth-order valence-electron chi connectivity index (χ4n) is 2.22. The zero-order valence-electron chi connectivity index (χ0n) is 13.7. The highest BCUT2D eigenvalue weighted by Crippen LogP contribution is 2.28. The first-order valence-corrected chi connectivity index (χ1v) is 9.66. The molecule has 3 nitrogen and oxygen atoms in total. The maximum Gasteiger partial charge on any atom is 0.265 e. The molecule has 0 unspecified atom stereocenters. The molecule has 134 valence electrons. The Balaban J connectivity index is 1.64. The highest BCUT2D eigenvalue weighted by molar-refractivity contribution is 7.12. The van der Waals surface area contributed by atoms with Crippen LogP contribution in [0.3, 0.4) is 0 Å². The minimum atomic E-state index is -0.215. The Morgan fingerprint density at radius 1 is 1.04 bits per heavy atom. The van der Waals surface area contributed by atoms with E-state index in [4.69, 9.17) is 39.5 Å². The molecule has 0 aliphatic rings. The molecule has 0 spiro atoms. The SMILES string of the molecule is Cc1ccc(Cl)c(OCc2csc(C(=O)Nc3ccc(Cl)c(Cl)c3)c2)c1. The standard InChI is InChI=1S/C19H14Cl3NO2S/c1-11-2-4-15(21)17(6-11)25-9-12-7-18(26-10-12)19(24)23-13-3-5-14(20)16(22)8-13/h2-8,10H,9H2,1H3,(H,23,24). The van der Waals surface area contributed by atoms with Gasteiger partial charge in [0.25, 0.3) is 5.91 Å². The smallest absolute Gasteiger partial charge is 0.265 e. The molecule has 26 heavy (non-hydrogen) atoms. The average molecular weight is 427 g/mol. The van der Waals surface area contributed by atoms with E-state index < -0.39 is 0 Å². The Bertz CT molecular complexity index is 956. The van der Waals surface area contributed by atoms with Gasteiger partial charge in [0, 0.05) is 11.3 Å². The van der Waals surface area contributed by atoms with Crippen LogP contribution in [0.4, 0.5) is 5.69 Å². The molecular weight excluding hydrogens is 413 g/mol. The third-order valence-corrected chi connectivity index (χ3v) is 5.57. The van der Waals surface area contributed by atoms with E-state index in [0.29, 0.717) is 38.0 Å². The van der Waals surface area contributed by atoms with E-state index in [9.17, 15) is 4.79 Å². The zero-order valence-corrected chi connectivity index (χ0v) is 16.8. The summed E-state index contributed by atoms with van der Waals surface area (Å²) < 4.78 is 5.75. The number of carbonyl (C=O) groups excluding carboxylic acids is 1. The van der Waals surface area contributed by atoms with Crippen LogP contribution in [0.5, 0.6) is 5.75 Å². The molecule has 0 aliphatic carbocycles. The van der Waals surface area contributed by atoms with E-state index in [0.717, 1.165) is 11.1 Å². The van der Waals surface area contributed by atoms with Gasteiger partial charge in [-0.15, -0.1) is 11.3 Å². The molecule has 7 heteroatoms. The molecule has 0 bridgehead atoms. The van der Waals surface area contributed by atoms with Crippen molar-refractivity contribution in [2.45, 2.75) is 13.5 Å². The minimum Gasteiger partial charge on any atom is -0.487 e. The molecule has 1 amide bonds. The molecule has 2 aromatic carbocycles. The number of rotatable bonds is 5. The lowest BCUT2D eigenvalue weighted by Crippen LogP contribution is -2.10. The molecule has 0 radical (unpaired) electrons. The molecule has 0 aliphatic heterocycles. The van der Waals surface area contributed by atoms with E-state index in [1.165, 1.54) is 11.3 Å². The summed E-state index contributed by atoms with van der Waals surface area (Å²) in [7, 11) is 0. The molecule has 1 aromatic heterocycles. The van der Waals surface area contributed by atoms with E-state index in [2.05, 4.69) is 5.32 Å². The second-order valence-electron chi connectivity index (χ2n) is 5.62. The van der Waals surface area contributed by atoms with E-state index >= 15 is 0 Å². The number of nitrogens with one attached hydrogen (secondary N) is 1. The largest absolute Gasteiger partial charge is 0.487 e. The van der Waals surface area contributed by atoms with Gasteiger partial charge in [-0.25, -0.2) is 0 Å². The van der Waals surface area contributed by atoms with Gasteiger partial charge in [-0.05, 0) is 54.3 Å². The Kier molecular flexibility index (Phi) is 6.09. The quantitative estimate of drug-likeness (QED) is 0.484. The number of aryl methyl sites for hydroxylation is 1. The lowest BCUT2D eigenvalue weighted by molar-refractivity contribution is 0.103. The van der Waals surface area contributed by atoms with Crippen molar-refractivity contribution >= 4 is 57.7 Å². The van der Waals surface area contributed by atoms with Crippen LogP contribution in [0.25, 0.3) is 0 Å². The molecule has 0 saturated heterocycles. The average Bonchev–Trinajstić information content (AvgIpc) is 3.08. The summed E-state index contributed by atoms with van der Waals surface area (Å²) in [4.78, 5) is 12.9. The number of carbonyl (C=O) groups is 1. The fraction of sp³-hybridized carbons (Fsp3) is 0.105. The highest BCUT2D eigenvalue weighted by Gasteiger charge is 2.11. The molecule has 0 saturated carbocycles. The maximum absolute atomic E-state index is 12.4. The molecule has 3 aromatic rings. The predicted octanol–water partition coefficient (Wildman–Crippen LogP) is 6.85. The Morgan fingerprint density at radius 2 is 1.81 bits per heavy atom. The Labute approximate surface area is 170 Å². The summed E-state index contributed by atoms with van der Waals surface area (Å²) in [6.07, 6.45) is 0. The fourth-order valence-corrected chi connectivity index (χ4v) is 3.48. The van der Waals surface area contributed by atoms with Crippen molar-refractivity contribution in [1.82, 2.24) is 0 Å². The van der Waals surface area contributed by atoms with Gasteiger partial charge in [-0.1, -0.05) is 40.9 Å². The van der Waals surface area contributed by atoms with Crippen LogP contribution < -0.4 is 10.1 Å². The van der Waals surface area contributed by atoms with Crippen molar-refractivity contribution < 1.29 is 9.53 Å². The van der Waals surface area contributed by atoms with Crippen LogP contribution in [0, 0.1) is 6.92 Å². The molecular formula is C19H14Cl3NO2S. The third-order valence-electron chi connectivity index (χ3n) is 3.54. The first-order valence-electron chi connectivity index (χ1n) is 7.65. The van der Waals surface area contributed by atoms with Crippen LogP contribution in [0.15, 0.2) is 47.8 Å². The monoisotopic (exact) mass is 425 g/mol. The number of hydrogen-bond donors (Lipinski definition) is 1. The summed E-state index contributed by atoms with van der Waals surface area (Å²) in [5, 5.41) is 6.07. The van der Waals surface area contributed by atoms with Crippen molar-refractivity contribution in [3.63, 3.8) is 0 Å². The molecule has 0 atom stereocenters. The van der Waals surface area contributed by atoms with Gasteiger partial charge in [-0.3, -0.25) is 4.79 Å². The van der Waals surface area contributed by atoms with Crippen LogP contribution in [-0.2, 0) is 6.61 Å². The van der Waals surface area contributed by atoms with Gasteiger partial charge in [-0.2, -0.15) is 0 Å². The maximum atomic E-state index is 12.4. The van der Waals surface area contributed by atoms with Gasteiger partial charge in [0.1, 0.15) is 12.4 Å².